The van der Waals surface area contributed by atoms with Gasteiger partial charge in [-0.3, -0.25) is 0 Å². The fraction of sp³-hybridized carbons (Fsp3) is 0.231. The molecular formula is C13H16N2O3. The van der Waals surface area contributed by atoms with Crippen LogP contribution in [-0.2, 0) is 4.79 Å². The van der Waals surface area contributed by atoms with E-state index in [0.29, 0.717) is 12.2 Å². The third-order valence-corrected chi connectivity index (χ3v) is 2.40. The smallest absolute Gasteiger partial charge is 0.328 e. The number of urea groups is 1. The average Bonchev–Trinajstić information content (AvgIpc) is 2.36. The van der Waals surface area contributed by atoms with Gasteiger partial charge >= 0.3 is 12.0 Å². The lowest BCUT2D eigenvalue weighted by atomic mass is 10.2. The number of carbonyl (C=O) groups is 2. The van der Waals surface area contributed by atoms with Gasteiger partial charge in [0, 0.05) is 25.4 Å². The van der Waals surface area contributed by atoms with E-state index in [1.807, 2.05) is 6.92 Å². The average molecular weight is 248 g/mol. The predicted octanol–water partition coefficient (Wildman–Crippen LogP) is 2.27. The molecule has 2 N–H and O–H groups in total. The number of hydrogen-bond acceptors (Lipinski definition) is 2. The third-order valence-electron chi connectivity index (χ3n) is 2.40. The van der Waals surface area contributed by atoms with Gasteiger partial charge in [0.05, 0.1) is 0 Å². The van der Waals surface area contributed by atoms with Crippen molar-refractivity contribution in [3.8, 4) is 0 Å². The van der Waals surface area contributed by atoms with Crippen LogP contribution in [-0.4, -0.2) is 35.6 Å². The maximum Gasteiger partial charge on any atom is 0.328 e. The van der Waals surface area contributed by atoms with Crippen molar-refractivity contribution >= 4 is 23.8 Å². The maximum atomic E-state index is 11.6. The number of carboxylic acid groups (broad SMARTS) is 1. The minimum atomic E-state index is -0.989. The summed E-state index contributed by atoms with van der Waals surface area (Å²) in [5, 5.41) is 11.2. The number of anilines is 1. The van der Waals surface area contributed by atoms with Crippen LogP contribution in [0.15, 0.2) is 30.3 Å². The molecule has 18 heavy (non-hydrogen) atoms. The van der Waals surface area contributed by atoms with Crippen LogP contribution in [0, 0.1) is 0 Å². The molecule has 0 aliphatic carbocycles. The maximum absolute atomic E-state index is 11.6. The summed E-state index contributed by atoms with van der Waals surface area (Å²) in [6.07, 6.45) is 2.56. The molecule has 0 atom stereocenters. The van der Waals surface area contributed by atoms with Gasteiger partial charge in [0.15, 0.2) is 0 Å². The molecule has 0 aliphatic heterocycles. The quantitative estimate of drug-likeness (QED) is 0.803. The zero-order chi connectivity index (χ0) is 13.5. The molecule has 0 unspecified atom stereocenters. The van der Waals surface area contributed by atoms with Gasteiger partial charge in [0.1, 0.15) is 0 Å². The first-order chi connectivity index (χ1) is 8.52. The summed E-state index contributed by atoms with van der Waals surface area (Å²) in [6, 6.07) is 6.75. The molecule has 5 nitrogen and oxygen atoms in total. The van der Waals surface area contributed by atoms with Crippen molar-refractivity contribution in [2.75, 3.05) is 18.9 Å². The van der Waals surface area contributed by atoms with E-state index >= 15 is 0 Å². The van der Waals surface area contributed by atoms with E-state index in [0.717, 1.165) is 11.6 Å². The number of rotatable bonds is 4. The van der Waals surface area contributed by atoms with Gasteiger partial charge in [-0.15, -0.1) is 0 Å². The van der Waals surface area contributed by atoms with Crippen LogP contribution < -0.4 is 5.32 Å². The van der Waals surface area contributed by atoms with Crippen LogP contribution in [0.25, 0.3) is 6.08 Å². The van der Waals surface area contributed by atoms with Gasteiger partial charge in [-0.25, -0.2) is 9.59 Å². The van der Waals surface area contributed by atoms with E-state index in [9.17, 15) is 9.59 Å². The molecule has 0 aliphatic rings. The molecule has 0 saturated carbocycles. The summed E-state index contributed by atoms with van der Waals surface area (Å²) in [7, 11) is 1.71. The normalized spacial score (nSPS) is 10.3. The molecule has 0 saturated heterocycles. The highest BCUT2D eigenvalue weighted by Gasteiger charge is 2.05. The molecule has 0 bridgehead atoms. The summed E-state index contributed by atoms with van der Waals surface area (Å²) < 4.78 is 0. The molecule has 96 valence electrons. The molecule has 5 heteroatoms. The largest absolute Gasteiger partial charge is 0.478 e. The summed E-state index contributed by atoms with van der Waals surface area (Å²) in [6.45, 7) is 2.52. The zero-order valence-corrected chi connectivity index (χ0v) is 10.4. The summed E-state index contributed by atoms with van der Waals surface area (Å²) in [5.41, 5.74) is 1.44. The first-order valence-corrected chi connectivity index (χ1v) is 5.56. The third kappa shape index (κ3) is 4.29. The van der Waals surface area contributed by atoms with E-state index in [1.165, 1.54) is 6.08 Å². The second kappa shape index (κ2) is 6.44. The van der Waals surface area contributed by atoms with Crippen molar-refractivity contribution in [3.63, 3.8) is 0 Å². The van der Waals surface area contributed by atoms with Crippen molar-refractivity contribution < 1.29 is 14.7 Å². The SMILES string of the molecule is CCN(C)C(=O)Nc1ccc(C=CC(=O)O)cc1. The molecule has 0 aromatic heterocycles. The van der Waals surface area contributed by atoms with E-state index in [-0.39, 0.29) is 6.03 Å². The highest BCUT2D eigenvalue weighted by atomic mass is 16.4. The Balaban J connectivity index is 2.66. The number of amides is 2. The molecule has 0 radical (unpaired) electrons. The molecule has 1 rings (SSSR count). The summed E-state index contributed by atoms with van der Waals surface area (Å²) >= 11 is 0. The fourth-order valence-electron chi connectivity index (χ4n) is 1.21. The van der Waals surface area contributed by atoms with Crippen molar-refractivity contribution in [3.05, 3.63) is 35.9 Å². The molecule has 0 spiro atoms. The van der Waals surface area contributed by atoms with Gasteiger partial charge in [0.2, 0.25) is 0 Å². The van der Waals surface area contributed by atoms with Crippen LogP contribution in [0.1, 0.15) is 12.5 Å². The Kier molecular flexibility index (Phi) is 4.92. The molecule has 1 aromatic rings. The number of carboxylic acids is 1. The highest BCUT2D eigenvalue weighted by Crippen LogP contribution is 2.11. The zero-order valence-electron chi connectivity index (χ0n) is 10.4. The molecular weight excluding hydrogens is 232 g/mol. The molecule has 0 fully saturated rings. The number of aliphatic carboxylic acids is 1. The van der Waals surface area contributed by atoms with Crippen LogP contribution in [0.5, 0.6) is 0 Å². The summed E-state index contributed by atoms with van der Waals surface area (Å²) in [5.74, 6) is -0.989. The first-order valence-electron chi connectivity index (χ1n) is 5.56. The summed E-state index contributed by atoms with van der Waals surface area (Å²) in [4.78, 5) is 23.5. The second-order valence-electron chi connectivity index (χ2n) is 3.74. The lowest BCUT2D eigenvalue weighted by Crippen LogP contribution is -2.30. The Labute approximate surface area is 106 Å². The fourth-order valence-corrected chi connectivity index (χ4v) is 1.21. The Morgan fingerprint density at radius 1 is 1.33 bits per heavy atom. The Hall–Kier alpha value is -2.30. The standard InChI is InChI=1S/C13H16N2O3/c1-3-15(2)13(18)14-11-7-4-10(5-8-11)6-9-12(16)17/h4-9H,3H2,1-2H3,(H,14,18)(H,16,17). The van der Waals surface area contributed by atoms with E-state index in [4.69, 9.17) is 5.11 Å². The minimum absolute atomic E-state index is 0.175. The van der Waals surface area contributed by atoms with Gasteiger partial charge in [-0.2, -0.15) is 0 Å². The molecule has 0 heterocycles. The van der Waals surface area contributed by atoms with Crippen molar-refractivity contribution in [1.82, 2.24) is 4.90 Å². The van der Waals surface area contributed by atoms with Gasteiger partial charge < -0.3 is 15.3 Å². The minimum Gasteiger partial charge on any atom is -0.478 e. The highest BCUT2D eigenvalue weighted by molar-refractivity contribution is 5.89. The van der Waals surface area contributed by atoms with Crippen molar-refractivity contribution in [2.24, 2.45) is 0 Å². The number of hydrogen-bond donors (Lipinski definition) is 2. The Morgan fingerprint density at radius 2 is 1.94 bits per heavy atom. The monoisotopic (exact) mass is 248 g/mol. The van der Waals surface area contributed by atoms with Crippen LogP contribution in [0.4, 0.5) is 10.5 Å². The van der Waals surface area contributed by atoms with E-state index in [2.05, 4.69) is 5.32 Å². The van der Waals surface area contributed by atoms with E-state index in [1.54, 1.807) is 36.2 Å². The molecule has 1 aromatic carbocycles. The number of nitrogens with one attached hydrogen (secondary N) is 1. The van der Waals surface area contributed by atoms with Crippen LogP contribution in [0.2, 0.25) is 0 Å². The lowest BCUT2D eigenvalue weighted by Gasteiger charge is -2.15. The lowest BCUT2D eigenvalue weighted by molar-refractivity contribution is -0.131. The Bertz CT molecular complexity index is 452. The molecule has 2 amide bonds. The topological polar surface area (TPSA) is 69.6 Å². The number of carbonyl (C=O) groups excluding carboxylic acids is 1. The van der Waals surface area contributed by atoms with E-state index < -0.39 is 5.97 Å². The second-order valence-corrected chi connectivity index (χ2v) is 3.74. The van der Waals surface area contributed by atoms with Gasteiger partial charge in [-0.05, 0) is 30.7 Å². The Morgan fingerprint density at radius 3 is 2.44 bits per heavy atom. The van der Waals surface area contributed by atoms with Gasteiger partial charge in [0.25, 0.3) is 0 Å². The predicted molar refractivity (Wildman–Crippen MR) is 70.4 cm³/mol. The van der Waals surface area contributed by atoms with Crippen LogP contribution >= 0.6 is 0 Å². The van der Waals surface area contributed by atoms with Crippen LogP contribution in [0.3, 0.4) is 0 Å². The van der Waals surface area contributed by atoms with Crippen molar-refractivity contribution in [2.45, 2.75) is 6.92 Å². The van der Waals surface area contributed by atoms with Crippen molar-refractivity contribution in [1.29, 1.82) is 0 Å². The first kappa shape index (κ1) is 13.8. The van der Waals surface area contributed by atoms with Gasteiger partial charge in [-0.1, -0.05) is 12.1 Å². The number of nitrogens with zero attached hydrogens (tertiary/aromatic N) is 1. The number of benzene rings is 1.